The van der Waals surface area contributed by atoms with E-state index in [2.05, 4.69) is 10.2 Å². The number of thiophene rings is 1. The highest BCUT2D eigenvalue weighted by atomic mass is 35.5. The molecule has 0 aliphatic carbocycles. The third-order valence-corrected chi connectivity index (χ3v) is 5.78. The van der Waals surface area contributed by atoms with E-state index in [-0.39, 0.29) is 22.4 Å². The first kappa shape index (κ1) is 16.9. The molecule has 6 nitrogen and oxygen atoms in total. The summed E-state index contributed by atoms with van der Waals surface area (Å²) in [5.74, 6) is -0.311. The zero-order chi connectivity index (χ0) is 18.4. The van der Waals surface area contributed by atoms with E-state index in [0.717, 1.165) is 16.1 Å². The molecule has 3 aromatic rings. The lowest BCUT2D eigenvalue weighted by atomic mass is 10.00. The Morgan fingerprint density at radius 3 is 2.85 bits per heavy atom. The molecule has 1 aromatic carbocycles. The summed E-state index contributed by atoms with van der Waals surface area (Å²) in [6.45, 7) is 2.98. The fraction of sp³-hybridized carbons (Fsp3) is 0.222. The van der Waals surface area contributed by atoms with Crippen molar-refractivity contribution in [3.8, 4) is 22.8 Å². The van der Waals surface area contributed by atoms with Crippen molar-refractivity contribution in [3.63, 3.8) is 0 Å². The molecule has 1 amide bonds. The minimum absolute atomic E-state index is 0.00568. The van der Waals surface area contributed by atoms with Gasteiger partial charge in [0.2, 0.25) is 0 Å². The highest BCUT2D eigenvalue weighted by Gasteiger charge is 2.28. The first-order valence-corrected chi connectivity index (χ1v) is 9.27. The van der Waals surface area contributed by atoms with Crippen LogP contribution in [0.1, 0.15) is 25.8 Å². The highest BCUT2D eigenvalue weighted by Crippen LogP contribution is 2.39. The fourth-order valence-electron chi connectivity index (χ4n) is 3.14. The zero-order valence-corrected chi connectivity index (χ0v) is 15.5. The number of phenols is 2. The lowest BCUT2D eigenvalue weighted by Crippen LogP contribution is -2.35. The van der Waals surface area contributed by atoms with Gasteiger partial charge < -0.3 is 15.1 Å². The number of nitrogens with one attached hydrogen (secondary N) is 1. The zero-order valence-electron chi connectivity index (χ0n) is 13.9. The van der Waals surface area contributed by atoms with Gasteiger partial charge in [0.1, 0.15) is 17.2 Å². The van der Waals surface area contributed by atoms with E-state index in [4.69, 9.17) is 11.6 Å². The van der Waals surface area contributed by atoms with Gasteiger partial charge in [0.25, 0.3) is 5.91 Å². The van der Waals surface area contributed by atoms with Crippen LogP contribution in [0.5, 0.6) is 11.5 Å². The summed E-state index contributed by atoms with van der Waals surface area (Å²) in [6, 6.07) is 6.46. The SMILES string of the molecule is Cc1ccc(C(=O)N2CCc3[nH]nc(-c4cc(Cl)c(O)cc4O)c3C2)s1. The van der Waals surface area contributed by atoms with Gasteiger partial charge in [-0.25, -0.2) is 0 Å². The smallest absolute Gasteiger partial charge is 0.264 e. The Morgan fingerprint density at radius 1 is 1.31 bits per heavy atom. The van der Waals surface area contributed by atoms with Crippen LogP contribution >= 0.6 is 22.9 Å². The van der Waals surface area contributed by atoms with E-state index in [1.54, 1.807) is 4.90 Å². The van der Waals surface area contributed by atoms with Crippen molar-refractivity contribution in [2.75, 3.05) is 6.54 Å². The van der Waals surface area contributed by atoms with Crippen LogP contribution in [0.25, 0.3) is 11.3 Å². The largest absolute Gasteiger partial charge is 0.507 e. The summed E-state index contributed by atoms with van der Waals surface area (Å²) in [7, 11) is 0. The molecule has 3 heterocycles. The molecule has 26 heavy (non-hydrogen) atoms. The quantitative estimate of drug-likeness (QED) is 0.623. The number of nitrogens with zero attached hydrogens (tertiary/aromatic N) is 2. The standard InChI is InChI=1S/C18H16ClN3O3S/c1-9-2-3-16(26-9)18(25)22-5-4-13-11(8-22)17(21-20-13)10-6-12(19)15(24)7-14(10)23/h2-3,6-7,23-24H,4-5,8H2,1H3,(H,20,21). The van der Waals surface area contributed by atoms with E-state index in [1.165, 1.54) is 23.5 Å². The molecule has 0 bridgehead atoms. The van der Waals surface area contributed by atoms with Crippen molar-refractivity contribution in [2.24, 2.45) is 0 Å². The van der Waals surface area contributed by atoms with Crippen molar-refractivity contribution in [1.29, 1.82) is 0 Å². The van der Waals surface area contributed by atoms with E-state index in [9.17, 15) is 15.0 Å². The van der Waals surface area contributed by atoms with Crippen LogP contribution in [-0.4, -0.2) is 37.8 Å². The first-order chi connectivity index (χ1) is 12.4. The summed E-state index contributed by atoms with van der Waals surface area (Å²) >= 11 is 7.46. The van der Waals surface area contributed by atoms with Crippen molar-refractivity contribution in [3.05, 3.63) is 50.3 Å². The Balaban J connectivity index is 1.69. The number of rotatable bonds is 2. The van der Waals surface area contributed by atoms with Gasteiger partial charge in [-0.05, 0) is 25.1 Å². The van der Waals surface area contributed by atoms with E-state index in [0.29, 0.717) is 35.6 Å². The van der Waals surface area contributed by atoms with Crippen molar-refractivity contribution >= 4 is 28.8 Å². The summed E-state index contributed by atoms with van der Waals surface area (Å²) in [6.07, 6.45) is 0.658. The minimum Gasteiger partial charge on any atom is -0.507 e. The number of aryl methyl sites for hydroxylation is 1. The summed E-state index contributed by atoms with van der Waals surface area (Å²) in [4.78, 5) is 16.4. The molecule has 0 unspecified atom stereocenters. The highest BCUT2D eigenvalue weighted by molar-refractivity contribution is 7.13. The number of carbonyl (C=O) groups is 1. The Bertz CT molecular complexity index is 1010. The second kappa shape index (κ2) is 6.34. The van der Waals surface area contributed by atoms with Gasteiger partial charge in [-0.1, -0.05) is 11.6 Å². The van der Waals surface area contributed by atoms with E-state index >= 15 is 0 Å². The van der Waals surface area contributed by atoms with Crippen LogP contribution < -0.4 is 0 Å². The molecule has 4 rings (SSSR count). The summed E-state index contributed by atoms with van der Waals surface area (Å²) in [5.41, 5.74) is 2.76. The minimum atomic E-state index is -0.192. The molecule has 134 valence electrons. The molecular weight excluding hydrogens is 374 g/mol. The second-order valence-corrected chi connectivity index (χ2v) is 7.93. The topological polar surface area (TPSA) is 89.5 Å². The Labute approximate surface area is 158 Å². The molecule has 0 atom stereocenters. The van der Waals surface area contributed by atoms with Gasteiger partial charge in [0.15, 0.2) is 0 Å². The fourth-order valence-corrected chi connectivity index (χ4v) is 4.14. The third kappa shape index (κ3) is 2.83. The number of halogens is 1. The average Bonchev–Trinajstić information content (AvgIpc) is 3.23. The second-order valence-electron chi connectivity index (χ2n) is 6.24. The van der Waals surface area contributed by atoms with Gasteiger partial charge >= 0.3 is 0 Å². The molecule has 0 fully saturated rings. The number of hydrogen-bond acceptors (Lipinski definition) is 5. The number of aromatic amines is 1. The van der Waals surface area contributed by atoms with Gasteiger partial charge in [-0.3, -0.25) is 9.89 Å². The first-order valence-electron chi connectivity index (χ1n) is 8.07. The van der Waals surface area contributed by atoms with Crippen LogP contribution in [0.4, 0.5) is 0 Å². The number of aromatic hydroxyl groups is 2. The lowest BCUT2D eigenvalue weighted by molar-refractivity contribution is 0.0739. The van der Waals surface area contributed by atoms with Gasteiger partial charge in [-0.15, -0.1) is 11.3 Å². The predicted molar refractivity (Wildman–Crippen MR) is 99.9 cm³/mol. The maximum Gasteiger partial charge on any atom is 0.264 e. The molecule has 3 N–H and O–H groups in total. The molecule has 0 saturated carbocycles. The Hall–Kier alpha value is -2.51. The van der Waals surface area contributed by atoms with Crippen LogP contribution in [0.3, 0.4) is 0 Å². The van der Waals surface area contributed by atoms with Crippen molar-refractivity contribution < 1.29 is 15.0 Å². The monoisotopic (exact) mass is 389 g/mol. The molecule has 0 saturated heterocycles. The maximum absolute atomic E-state index is 12.8. The molecule has 8 heteroatoms. The van der Waals surface area contributed by atoms with Crippen LogP contribution in [0.15, 0.2) is 24.3 Å². The molecule has 2 aromatic heterocycles. The molecule has 0 radical (unpaired) electrons. The molecule has 1 aliphatic rings. The molecule has 0 spiro atoms. The molecular formula is C18H16ClN3O3S. The number of aromatic nitrogens is 2. The number of carbonyl (C=O) groups excluding carboxylic acids is 1. The number of amides is 1. The predicted octanol–water partition coefficient (Wildman–Crippen LogP) is 3.71. The number of benzene rings is 1. The van der Waals surface area contributed by atoms with Gasteiger partial charge in [-0.2, -0.15) is 5.10 Å². The van der Waals surface area contributed by atoms with Crippen LogP contribution in [0.2, 0.25) is 5.02 Å². The third-order valence-electron chi connectivity index (χ3n) is 4.49. The Morgan fingerprint density at radius 2 is 2.12 bits per heavy atom. The lowest BCUT2D eigenvalue weighted by Gasteiger charge is -2.27. The number of phenolic OH excluding ortho intramolecular Hbond substituents is 2. The summed E-state index contributed by atoms with van der Waals surface area (Å²) < 4.78 is 0. The van der Waals surface area contributed by atoms with E-state index < -0.39 is 0 Å². The number of fused-ring (bicyclic) bond motifs is 1. The van der Waals surface area contributed by atoms with Crippen LogP contribution in [-0.2, 0) is 13.0 Å². The average molecular weight is 390 g/mol. The Kier molecular flexibility index (Phi) is 4.13. The summed E-state index contributed by atoms with van der Waals surface area (Å²) in [5, 5.41) is 27.3. The van der Waals surface area contributed by atoms with E-state index in [1.807, 2.05) is 19.1 Å². The molecule has 1 aliphatic heterocycles. The van der Waals surface area contributed by atoms with Gasteiger partial charge in [0, 0.05) is 47.3 Å². The van der Waals surface area contributed by atoms with Crippen LogP contribution in [0, 0.1) is 6.92 Å². The normalized spacial score (nSPS) is 13.7. The van der Waals surface area contributed by atoms with Crippen molar-refractivity contribution in [1.82, 2.24) is 15.1 Å². The maximum atomic E-state index is 12.8. The number of H-pyrrole nitrogens is 1. The van der Waals surface area contributed by atoms with Crippen molar-refractivity contribution in [2.45, 2.75) is 19.9 Å². The van der Waals surface area contributed by atoms with Gasteiger partial charge in [0.05, 0.1) is 9.90 Å². The number of hydrogen-bond donors (Lipinski definition) is 3.